The molecule has 0 aliphatic rings. The second-order valence-corrected chi connectivity index (χ2v) is 4.83. The van der Waals surface area contributed by atoms with Crippen molar-refractivity contribution < 1.29 is 9.53 Å². The summed E-state index contributed by atoms with van der Waals surface area (Å²) in [5, 5.41) is 12.4. The van der Waals surface area contributed by atoms with Gasteiger partial charge in [-0.25, -0.2) is 4.79 Å². The van der Waals surface area contributed by atoms with Crippen LogP contribution in [0.5, 0.6) is 0 Å². The van der Waals surface area contributed by atoms with Crippen LogP contribution in [-0.4, -0.2) is 19.2 Å². The number of nitrogens with zero attached hydrogens (tertiary/aromatic N) is 1. The number of hydrogen-bond acceptors (Lipinski definition) is 3. The first-order chi connectivity index (χ1) is 9.60. The van der Waals surface area contributed by atoms with Gasteiger partial charge in [0, 0.05) is 6.54 Å². The molecule has 1 rings (SSSR count). The maximum absolute atomic E-state index is 11.5. The van der Waals surface area contributed by atoms with Gasteiger partial charge in [-0.05, 0) is 18.4 Å². The van der Waals surface area contributed by atoms with Crippen LogP contribution in [0.15, 0.2) is 30.3 Å². The van der Waals surface area contributed by atoms with Gasteiger partial charge in [0.25, 0.3) is 0 Å². The van der Waals surface area contributed by atoms with Gasteiger partial charge in [0.1, 0.15) is 5.41 Å². The van der Waals surface area contributed by atoms with Crippen molar-refractivity contribution in [3.63, 3.8) is 0 Å². The number of rotatable bonds is 6. The molecule has 0 spiro atoms. The van der Waals surface area contributed by atoms with Gasteiger partial charge in [-0.1, -0.05) is 50.6 Å². The number of nitrogens with one attached hydrogen (secondary N) is 1. The van der Waals surface area contributed by atoms with E-state index in [2.05, 4.69) is 11.4 Å². The third-order valence-electron chi connectivity index (χ3n) is 3.73. The molecule has 1 N–H and O–H groups in total. The molecule has 20 heavy (non-hydrogen) atoms. The molecular formula is C16H22N2O2. The second-order valence-electron chi connectivity index (χ2n) is 4.83. The van der Waals surface area contributed by atoms with Crippen molar-refractivity contribution >= 4 is 6.09 Å². The standard InChI is InChI=1S/C16H22N2O2/c1-4-13(3)16(11-17,12-18-15(19)20-5-2)14-9-7-6-8-10-14/h6-10,13H,4-5,12H2,1-3H3,(H,18,19). The Kier molecular flexibility index (Phi) is 6.05. The van der Waals surface area contributed by atoms with Crippen LogP contribution in [0.1, 0.15) is 32.8 Å². The lowest BCUT2D eigenvalue weighted by Gasteiger charge is -2.33. The van der Waals surface area contributed by atoms with Gasteiger partial charge in [0.15, 0.2) is 0 Å². The SMILES string of the molecule is CCOC(=O)NCC(C#N)(c1ccccc1)C(C)CC. The minimum atomic E-state index is -0.733. The van der Waals surface area contributed by atoms with Crippen LogP contribution < -0.4 is 5.32 Å². The zero-order valence-electron chi connectivity index (χ0n) is 12.3. The quantitative estimate of drug-likeness (QED) is 0.866. The molecule has 0 aliphatic heterocycles. The molecule has 1 aromatic carbocycles. The normalized spacial score (nSPS) is 14.7. The lowest BCUT2D eigenvalue weighted by molar-refractivity contribution is 0.148. The van der Waals surface area contributed by atoms with Crippen molar-refractivity contribution in [3.8, 4) is 6.07 Å². The first-order valence-electron chi connectivity index (χ1n) is 6.98. The van der Waals surface area contributed by atoms with E-state index in [9.17, 15) is 10.1 Å². The van der Waals surface area contributed by atoms with Crippen LogP contribution in [0.2, 0.25) is 0 Å². The van der Waals surface area contributed by atoms with E-state index in [0.29, 0.717) is 6.61 Å². The Balaban J connectivity index is 3.02. The van der Waals surface area contributed by atoms with Gasteiger partial charge in [-0.15, -0.1) is 0 Å². The minimum Gasteiger partial charge on any atom is -0.450 e. The summed E-state index contributed by atoms with van der Waals surface area (Å²) in [6, 6.07) is 12.0. The molecule has 0 radical (unpaired) electrons. The first-order valence-corrected chi connectivity index (χ1v) is 6.98. The summed E-state index contributed by atoms with van der Waals surface area (Å²) in [5.74, 6) is 0.122. The van der Waals surface area contributed by atoms with E-state index in [1.165, 1.54) is 0 Å². The fourth-order valence-corrected chi connectivity index (χ4v) is 2.25. The topological polar surface area (TPSA) is 62.1 Å². The fraction of sp³-hybridized carbons (Fsp3) is 0.500. The monoisotopic (exact) mass is 274 g/mol. The number of hydrogen-bond donors (Lipinski definition) is 1. The lowest BCUT2D eigenvalue weighted by atomic mass is 9.71. The van der Waals surface area contributed by atoms with E-state index in [1.807, 2.05) is 44.2 Å². The molecule has 0 bridgehead atoms. The highest BCUT2D eigenvalue weighted by molar-refractivity contribution is 5.67. The summed E-state index contributed by atoms with van der Waals surface area (Å²) in [6.45, 7) is 6.40. The first kappa shape index (κ1) is 16.0. The molecule has 2 unspecified atom stereocenters. The number of carbonyl (C=O) groups is 1. The molecule has 1 aromatic rings. The van der Waals surface area contributed by atoms with Crippen molar-refractivity contribution in [2.24, 2.45) is 5.92 Å². The highest BCUT2D eigenvalue weighted by Crippen LogP contribution is 2.33. The number of ether oxygens (including phenoxy) is 1. The Morgan fingerprint density at radius 2 is 2.05 bits per heavy atom. The third-order valence-corrected chi connectivity index (χ3v) is 3.73. The number of benzene rings is 1. The molecule has 108 valence electrons. The molecular weight excluding hydrogens is 252 g/mol. The predicted octanol–water partition coefficient (Wildman–Crippen LogP) is 3.24. The minimum absolute atomic E-state index is 0.122. The van der Waals surface area contributed by atoms with Gasteiger partial charge >= 0.3 is 6.09 Å². The summed E-state index contributed by atoms with van der Waals surface area (Å²) in [5.41, 5.74) is 0.191. The Labute approximate surface area is 120 Å². The third kappa shape index (κ3) is 3.51. The number of nitriles is 1. The number of alkyl carbamates (subject to hydrolysis) is 1. The summed E-state index contributed by atoms with van der Waals surface area (Å²) < 4.78 is 4.87. The number of carbonyl (C=O) groups excluding carboxylic acids is 1. The highest BCUT2D eigenvalue weighted by Gasteiger charge is 2.37. The summed E-state index contributed by atoms with van der Waals surface area (Å²) in [4.78, 5) is 11.5. The maximum Gasteiger partial charge on any atom is 0.407 e. The van der Waals surface area contributed by atoms with Crippen molar-refractivity contribution in [1.29, 1.82) is 5.26 Å². The largest absolute Gasteiger partial charge is 0.450 e. The Hall–Kier alpha value is -2.02. The van der Waals surface area contributed by atoms with Crippen molar-refractivity contribution in [1.82, 2.24) is 5.32 Å². The molecule has 4 nitrogen and oxygen atoms in total. The zero-order chi connectivity index (χ0) is 15.0. The fourth-order valence-electron chi connectivity index (χ4n) is 2.25. The van der Waals surface area contributed by atoms with E-state index < -0.39 is 11.5 Å². The molecule has 2 atom stereocenters. The molecule has 4 heteroatoms. The van der Waals surface area contributed by atoms with Crippen LogP contribution in [0.3, 0.4) is 0 Å². The van der Waals surface area contributed by atoms with Crippen molar-refractivity contribution in [2.75, 3.05) is 13.2 Å². The Bertz CT molecular complexity index is 467. The van der Waals surface area contributed by atoms with E-state index in [1.54, 1.807) is 6.92 Å². The van der Waals surface area contributed by atoms with Crippen molar-refractivity contribution in [3.05, 3.63) is 35.9 Å². The molecule has 1 amide bonds. The van der Waals surface area contributed by atoms with E-state index in [4.69, 9.17) is 4.74 Å². The summed E-state index contributed by atoms with van der Waals surface area (Å²) in [7, 11) is 0. The molecule has 0 saturated heterocycles. The molecule has 0 fully saturated rings. The Morgan fingerprint density at radius 3 is 2.55 bits per heavy atom. The lowest BCUT2D eigenvalue weighted by Crippen LogP contribution is -2.44. The molecule has 0 aromatic heterocycles. The van der Waals surface area contributed by atoms with Crippen LogP contribution in [0, 0.1) is 17.2 Å². The van der Waals surface area contributed by atoms with Gasteiger partial charge in [-0.2, -0.15) is 5.26 Å². The van der Waals surface area contributed by atoms with E-state index >= 15 is 0 Å². The number of amides is 1. The Morgan fingerprint density at radius 1 is 1.40 bits per heavy atom. The van der Waals surface area contributed by atoms with Crippen LogP contribution in [-0.2, 0) is 10.2 Å². The van der Waals surface area contributed by atoms with Gasteiger partial charge in [-0.3, -0.25) is 0 Å². The van der Waals surface area contributed by atoms with Gasteiger partial charge in [0.2, 0.25) is 0 Å². The smallest absolute Gasteiger partial charge is 0.407 e. The predicted molar refractivity (Wildman–Crippen MR) is 78.2 cm³/mol. The average molecular weight is 274 g/mol. The molecule has 0 heterocycles. The average Bonchev–Trinajstić information content (AvgIpc) is 2.49. The van der Waals surface area contributed by atoms with Crippen LogP contribution in [0.25, 0.3) is 0 Å². The second kappa shape index (κ2) is 7.54. The summed E-state index contributed by atoms with van der Waals surface area (Å²) >= 11 is 0. The summed E-state index contributed by atoms with van der Waals surface area (Å²) in [6.07, 6.45) is 0.374. The van der Waals surface area contributed by atoms with Gasteiger partial charge in [0.05, 0.1) is 12.7 Å². The highest BCUT2D eigenvalue weighted by atomic mass is 16.5. The van der Waals surface area contributed by atoms with Crippen molar-refractivity contribution in [2.45, 2.75) is 32.6 Å². The maximum atomic E-state index is 11.5. The van der Waals surface area contributed by atoms with E-state index in [0.717, 1.165) is 12.0 Å². The molecule has 0 aliphatic carbocycles. The zero-order valence-corrected chi connectivity index (χ0v) is 12.3. The van der Waals surface area contributed by atoms with E-state index in [-0.39, 0.29) is 12.5 Å². The van der Waals surface area contributed by atoms with Crippen LogP contribution >= 0.6 is 0 Å². The van der Waals surface area contributed by atoms with Crippen LogP contribution in [0.4, 0.5) is 4.79 Å². The van der Waals surface area contributed by atoms with Gasteiger partial charge < -0.3 is 10.1 Å². The molecule has 0 saturated carbocycles.